The molecule has 2 aromatic heterocycles. The molecule has 1 spiro atoms. The van der Waals surface area contributed by atoms with Crippen LogP contribution >= 0.6 is 23.3 Å². The Hall–Kier alpha value is -1.71. The van der Waals surface area contributed by atoms with Crippen LogP contribution in [0.2, 0.25) is 0 Å². The number of carbonyl (C=O) groups is 1. The largest absolute Gasteiger partial charge is 0.351 e. The number of fused-ring (bicyclic) bond motifs is 2. The summed E-state index contributed by atoms with van der Waals surface area (Å²) in [5.74, 6) is 0.0587. The smallest absolute Gasteiger partial charge is 0.255 e. The maximum Gasteiger partial charge on any atom is 0.255 e. The first kappa shape index (κ1) is 20.2. The number of nitrogens with one attached hydrogen (secondary N) is 1. The Kier molecular flexibility index (Phi) is 4.83. The van der Waals surface area contributed by atoms with Gasteiger partial charge in [-0.1, -0.05) is 11.9 Å². The normalized spacial score (nSPS) is 25.1. The van der Waals surface area contributed by atoms with Gasteiger partial charge < -0.3 is 10.2 Å². The van der Waals surface area contributed by atoms with Crippen LogP contribution in [0.25, 0.3) is 10.6 Å². The lowest BCUT2D eigenvalue weighted by molar-refractivity contribution is 0.0755. The van der Waals surface area contributed by atoms with Gasteiger partial charge in [0.1, 0.15) is 5.69 Å². The minimum absolute atomic E-state index is 0.0462. The maximum atomic E-state index is 14.8. The molecule has 0 aromatic carbocycles. The number of rotatable bonds is 4. The van der Waals surface area contributed by atoms with E-state index in [-0.39, 0.29) is 17.5 Å². The minimum atomic E-state index is -0.445. The van der Waals surface area contributed by atoms with Crippen molar-refractivity contribution in [3.8, 4) is 10.6 Å². The number of piperidine rings is 1. The minimum Gasteiger partial charge on any atom is -0.351 e. The quantitative estimate of drug-likeness (QED) is 0.707. The Bertz CT molecular complexity index is 1020. The van der Waals surface area contributed by atoms with E-state index in [0.29, 0.717) is 17.7 Å². The van der Waals surface area contributed by atoms with E-state index in [2.05, 4.69) is 32.8 Å². The van der Waals surface area contributed by atoms with Gasteiger partial charge in [0.25, 0.3) is 5.91 Å². The van der Waals surface area contributed by atoms with Crippen LogP contribution in [-0.4, -0.2) is 57.0 Å². The SMILES string of the molecule is CSN1CC[C@H](Nc2ncc(F)c(-c3sc4c(c3C)C(=O)N(C)C43CC3)n2)C[C@@H]1C. The average Bonchev–Trinajstić information content (AvgIpc) is 3.42. The molecule has 3 aliphatic rings. The second-order valence-corrected chi connectivity index (χ2v) is 10.4. The predicted octanol–water partition coefficient (Wildman–Crippen LogP) is 4.27. The monoisotopic (exact) mass is 447 g/mol. The molecule has 0 radical (unpaired) electrons. The summed E-state index contributed by atoms with van der Waals surface area (Å²) < 4.78 is 17.1. The molecule has 4 heterocycles. The zero-order valence-corrected chi connectivity index (χ0v) is 19.3. The number of hydrogen-bond acceptors (Lipinski definition) is 7. The molecule has 1 amide bonds. The van der Waals surface area contributed by atoms with Crippen molar-refractivity contribution in [3.63, 3.8) is 0 Å². The first-order valence-electron chi connectivity index (χ1n) is 10.4. The van der Waals surface area contributed by atoms with Crippen LogP contribution < -0.4 is 5.32 Å². The van der Waals surface area contributed by atoms with Crippen LogP contribution in [0.3, 0.4) is 0 Å². The van der Waals surface area contributed by atoms with Crippen molar-refractivity contribution < 1.29 is 9.18 Å². The van der Waals surface area contributed by atoms with Crippen molar-refractivity contribution in [2.45, 2.75) is 57.2 Å². The fourth-order valence-corrected chi connectivity index (χ4v) is 7.16. The summed E-state index contributed by atoms with van der Waals surface area (Å²) in [5, 5.41) is 3.41. The zero-order valence-electron chi connectivity index (χ0n) is 17.7. The van der Waals surface area contributed by atoms with Crippen molar-refractivity contribution in [1.82, 2.24) is 19.2 Å². The Labute approximate surface area is 184 Å². The second-order valence-electron chi connectivity index (χ2n) is 8.58. The van der Waals surface area contributed by atoms with Crippen LogP contribution in [0.1, 0.15) is 53.4 Å². The average molecular weight is 448 g/mol. The van der Waals surface area contributed by atoms with E-state index in [4.69, 9.17) is 0 Å². The predicted molar refractivity (Wildman–Crippen MR) is 119 cm³/mol. The van der Waals surface area contributed by atoms with E-state index in [0.717, 1.165) is 53.1 Å². The van der Waals surface area contributed by atoms with Gasteiger partial charge in [0.2, 0.25) is 5.95 Å². The van der Waals surface area contributed by atoms with Crippen LogP contribution in [0.5, 0.6) is 0 Å². The van der Waals surface area contributed by atoms with Crippen LogP contribution in [0, 0.1) is 12.7 Å². The lowest BCUT2D eigenvalue weighted by Gasteiger charge is -2.36. The summed E-state index contributed by atoms with van der Waals surface area (Å²) in [6.45, 7) is 5.13. The molecule has 0 unspecified atom stereocenters. The highest BCUT2D eigenvalue weighted by atomic mass is 32.2. The van der Waals surface area contributed by atoms with E-state index in [9.17, 15) is 9.18 Å². The third-order valence-corrected chi connectivity index (χ3v) is 9.30. The molecule has 2 aromatic rings. The number of hydrogen-bond donors (Lipinski definition) is 1. The van der Waals surface area contributed by atoms with E-state index < -0.39 is 5.82 Å². The highest BCUT2D eigenvalue weighted by molar-refractivity contribution is 7.96. The second kappa shape index (κ2) is 7.17. The number of anilines is 1. The molecule has 5 rings (SSSR count). The van der Waals surface area contributed by atoms with Crippen LogP contribution in [-0.2, 0) is 5.54 Å². The summed E-state index contributed by atoms with van der Waals surface area (Å²) in [4.78, 5) is 25.2. The van der Waals surface area contributed by atoms with Gasteiger partial charge in [-0.05, 0) is 51.3 Å². The Morgan fingerprint density at radius 3 is 2.83 bits per heavy atom. The van der Waals surface area contributed by atoms with Gasteiger partial charge in [-0.3, -0.25) is 4.79 Å². The van der Waals surface area contributed by atoms with E-state index in [1.54, 1.807) is 11.9 Å². The van der Waals surface area contributed by atoms with Crippen molar-refractivity contribution in [3.05, 3.63) is 28.0 Å². The number of amides is 1. The summed E-state index contributed by atoms with van der Waals surface area (Å²) in [7, 11) is 1.87. The summed E-state index contributed by atoms with van der Waals surface area (Å²) >= 11 is 3.30. The summed E-state index contributed by atoms with van der Waals surface area (Å²) in [6, 6.07) is 0.729. The molecular formula is C21H26FN5OS2. The lowest BCUT2D eigenvalue weighted by atomic mass is 10.0. The Balaban J connectivity index is 1.44. The number of halogens is 1. The topological polar surface area (TPSA) is 61.4 Å². The van der Waals surface area contributed by atoms with Crippen LogP contribution in [0.15, 0.2) is 6.20 Å². The van der Waals surface area contributed by atoms with Gasteiger partial charge in [-0.2, -0.15) is 0 Å². The Morgan fingerprint density at radius 1 is 1.40 bits per heavy atom. The highest BCUT2D eigenvalue weighted by Gasteiger charge is 2.58. The first-order valence-corrected chi connectivity index (χ1v) is 12.4. The molecule has 6 nitrogen and oxygen atoms in total. The van der Waals surface area contributed by atoms with Gasteiger partial charge in [0.05, 0.1) is 22.2 Å². The highest BCUT2D eigenvalue weighted by Crippen LogP contribution is 2.60. The van der Waals surface area contributed by atoms with Crippen molar-refractivity contribution in [2.75, 3.05) is 25.2 Å². The fourth-order valence-electron chi connectivity index (χ4n) is 4.85. The molecule has 0 bridgehead atoms. The van der Waals surface area contributed by atoms with Crippen LogP contribution in [0.4, 0.5) is 10.3 Å². The van der Waals surface area contributed by atoms with E-state index in [1.807, 2.05) is 18.9 Å². The first-order chi connectivity index (χ1) is 14.4. The van der Waals surface area contributed by atoms with Gasteiger partial charge in [-0.25, -0.2) is 18.7 Å². The third-order valence-electron chi connectivity index (χ3n) is 6.80. The molecule has 30 heavy (non-hydrogen) atoms. The van der Waals surface area contributed by atoms with E-state index in [1.165, 1.54) is 17.5 Å². The molecule has 1 saturated heterocycles. The van der Waals surface area contributed by atoms with Crippen molar-refractivity contribution in [1.29, 1.82) is 0 Å². The lowest BCUT2D eigenvalue weighted by Crippen LogP contribution is -2.41. The molecule has 2 aliphatic heterocycles. The van der Waals surface area contributed by atoms with E-state index >= 15 is 0 Å². The Morgan fingerprint density at radius 2 is 2.17 bits per heavy atom. The molecule has 1 aliphatic carbocycles. The number of aromatic nitrogens is 2. The van der Waals surface area contributed by atoms with Gasteiger partial charge in [0, 0.05) is 30.6 Å². The van der Waals surface area contributed by atoms with Gasteiger partial charge in [-0.15, -0.1) is 11.3 Å². The molecule has 160 valence electrons. The van der Waals surface area contributed by atoms with Gasteiger partial charge in [0.15, 0.2) is 5.82 Å². The molecular weight excluding hydrogens is 421 g/mol. The van der Waals surface area contributed by atoms with Crippen molar-refractivity contribution in [2.24, 2.45) is 0 Å². The molecule has 1 saturated carbocycles. The summed E-state index contributed by atoms with van der Waals surface area (Å²) in [5.41, 5.74) is 1.72. The third kappa shape index (κ3) is 2.97. The molecule has 9 heteroatoms. The number of thiophene rings is 1. The molecule has 2 atom stereocenters. The standard InChI is InChI=1S/C21H26FN5OS2/c1-11-9-13(5-8-27(11)29-4)24-20-23-10-14(22)16(25-20)17-12(2)15-18(30-17)21(6-7-21)26(3)19(15)28/h10-11,13H,5-9H2,1-4H3,(H,23,24,25)/t11-,13-/m0/s1. The molecule has 1 N–H and O–H groups in total. The number of nitrogens with zero attached hydrogens (tertiary/aromatic N) is 4. The molecule has 2 fully saturated rings. The maximum absolute atomic E-state index is 14.8. The number of carbonyl (C=O) groups excluding carboxylic acids is 1. The summed E-state index contributed by atoms with van der Waals surface area (Å²) in [6.07, 6.45) is 7.30. The van der Waals surface area contributed by atoms with Gasteiger partial charge >= 0.3 is 0 Å². The fraction of sp³-hybridized carbons (Fsp3) is 0.571. The zero-order chi connectivity index (χ0) is 21.2. The van der Waals surface area contributed by atoms with Crippen molar-refractivity contribution >= 4 is 35.1 Å².